The van der Waals surface area contributed by atoms with Gasteiger partial charge in [-0.2, -0.15) is 13.2 Å². The Kier molecular flexibility index (Phi) is 5.15. The van der Waals surface area contributed by atoms with E-state index >= 15 is 0 Å². The monoisotopic (exact) mass is 347 g/mol. The zero-order valence-corrected chi connectivity index (χ0v) is 12.8. The van der Waals surface area contributed by atoms with Crippen LogP contribution in [0.5, 0.6) is 0 Å². The number of halogens is 4. The van der Waals surface area contributed by atoms with Crippen LogP contribution in [0.25, 0.3) is 0 Å². The van der Waals surface area contributed by atoms with Gasteiger partial charge >= 0.3 is 6.18 Å². The number of aromatic nitrogens is 1. The van der Waals surface area contributed by atoms with Crippen LogP contribution in [0.1, 0.15) is 17.7 Å². The van der Waals surface area contributed by atoms with Gasteiger partial charge in [0, 0.05) is 24.1 Å². The average Bonchev–Trinajstić information content (AvgIpc) is 2.85. The topological polar surface area (TPSA) is 67.2 Å². The molecule has 23 heavy (non-hydrogen) atoms. The van der Waals surface area contributed by atoms with Gasteiger partial charge in [-0.3, -0.25) is 4.79 Å². The van der Waals surface area contributed by atoms with Crippen LogP contribution in [0.2, 0.25) is 5.02 Å². The van der Waals surface area contributed by atoms with Crippen molar-refractivity contribution in [2.24, 2.45) is 0 Å². The van der Waals surface area contributed by atoms with Crippen molar-refractivity contribution in [2.45, 2.75) is 19.5 Å². The molecule has 0 radical (unpaired) electrons. The molecule has 9 heteroatoms. The fourth-order valence-electron chi connectivity index (χ4n) is 1.83. The fourth-order valence-corrected chi connectivity index (χ4v) is 2.00. The number of nitrogens with one attached hydrogen (secondary N) is 2. The van der Waals surface area contributed by atoms with Gasteiger partial charge in [0.1, 0.15) is 5.76 Å². The van der Waals surface area contributed by atoms with Crippen molar-refractivity contribution < 1.29 is 22.5 Å². The molecule has 0 saturated carbocycles. The van der Waals surface area contributed by atoms with E-state index in [9.17, 15) is 18.0 Å². The minimum absolute atomic E-state index is 0.0359. The van der Waals surface area contributed by atoms with E-state index in [1.807, 2.05) is 0 Å². The maximum Gasteiger partial charge on any atom is 0.418 e. The average molecular weight is 348 g/mol. The lowest BCUT2D eigenvalue weighted by atomic mass is 10.1. The van der Waals surface area contributed by atoms with Gasteiger partial charge in [-0.15, -0.1) is 0 Å². The van der Waals surface area contributed by atoms with Crippen LogP contribution in [-0.2, 0) is 11.0 Å². The van der Waals surface area contributed by atoms with Gasteiger partial charge in [-0.05, 0) is 25.1 Å². The third kappa shape index (κ3) is 4.88. The van der Waals surface area contributed by atoms with E-state index in [2.05, 4.69) is 15.8 Å². The van der Waals surface area contributed by atoms with Gasteiger partial charge in [0.25, 0.3) is 0 Å². The number of nitrogens with zero attached hydrogens (tertiary/aromatic N) is 1. The van der Waals surface area contributed by atoms with E-state index < -0.39 is 17.6 Å². The van der Waals surface area contributed by atoms with Crippen molar-refractivity contribution >= 4 is 29.0 Å². The van der Waals surface area contributed by atoms with Gasteiger partial charge in [0.05, 0.1) is 11.3 Å². The standard InChI is InChI=1S/C14H13ClF3N3O2/c1-8-6-12(21-23-8)19-5-4-13(22)20-11-3-2-9(15)7-10(11)14(16,17)18/h2-3,6-7H,4-5H2,1H3,(H,19,21)(H,20,22). The number of benzene rings is 1. The quantitative estimate of drug-likeness (QED) is 0.854. The molecule has 2 aromatic rings. The number of aryl methyl sites for hydroxylation is 1. The van der Waals surface area contributed by atoms with E-state index in [0.29, 0.717) is 11.6 Å². The first-order valence-corrected chi connectivity index (χ1v) is 6.97. The van der Waals surface area contributed by atoms with Gasteiger partial charge in [-0.1, -0.05) is 16.8 Å². The first-order valence-electron chi connectivity index (χ1n) is 6.59. The number of hydrogen-bond acceptors (Lipinski definition) is 4. The molecule has 0 aliphatic rings. The number of carbonyl (C=O) groups excluding carboxylic acids is 1. The lowest BCUT2D eigenvalue weighted by Gasteiger charge is -2.14. The van der Waals surface area contributed by atoms with Gasteiger partial charge < -0.3 is 15.2 Å². The van der Waals surface area contributed by atoms with Gasteiger partial charge in [-0.25, -0.2) is 0 Å². The summed E-state index contributed by atoms with van der Waals surface area (Å²) in [7, 11) is 0. The second kappa shape index (κ2) is 6.91. The normalized spacial score (nSPS) is 11.3. The second-order valence-electron chi connectivity index (χ2n) is 4.74. The highest BCUT2D eigenvalue weighted by atomic mass is 35.5. The summed E-state index contributed by atoms with van der Waals surface area (Å²) in [6, 6.07) is 4.81. The highest BCUT2D eigenvalue weighted by molar-refractivity contribution is 6.30. The summed E-state index contributed by atoms with van der Waals surface area (Å²) in [6.45, 7) is 1.91. The van der Waals surface area contributed by atoms with Gasteiger partial charge in [0.15, 0.2) is 5.82 Å². The Balaban J connectivity index is 1.95. The summed E-state index contributed by atoms with van der Waals surface area (Å²) >= 11 is 5.57. The van der Waals surface area contributed by atoms with E-state index in [-0.39, 0.29) is 23.7 Å². The molecule has 1 aromatic heterocycles. The summed E-state index contributed by atoms with van der Waals surface area (Å²) < 4.78 is 43.6. The number of alkyl halides is 3. The molecule has 1 heterocycles. The molecule has 0 unspecified atom stereocenters. The third-order valence-electron chi connectivity index (χ3n) is 2.85. The van der Waals surface area contributed by atoms with E-state index in [0.717, 1.165) is 12.1 Å². The predicted octanol–water partition coefficient (Wildman–Crippen LogP) is 4.10. The maximum absolute atomic E-state index is 12.9. The first-order chi connectivity index (χ1) is 10.8. The highest BCUT2D eigenvalue weighted by Gasteiger charge is 2.34. The SMILES string of the molecule is Cc1cc(NCCC(=O)Nc2ccc(Cl)cc2C(F)(F)F)no1. The summed E-state index contributed by atoms with van der Waals surface area (Å²) in [5.41, 5.74) is -1.32. The number of carbonyl (C=O) groups is 1. The van der Waals surface area contributed by atoms with Crippen molar-refractivity contribution in [1.82, 2.24) is 5.16 Å². The smallest absolute Gasteiger partial charge is 0.367 e. The van der Waals surface area contributed by atoms with Crippen LogP contribution < -0.4 is 10.6 Å². The van der Waals surface area contributed by atoms with E-state index in [1.165, 1.54) is 6.07 Å². The molecule has 124 valence electrons. The summed E-state index contributed by atoms with van der Waals surface area (Å²) in [4.78, 5) is 11.8. The Bertz CT molecular complexity index is 701. The molecule has 2 N–H and O–H groups in total. The molecule has 0 bridgehead atoms. The minimum atomic E-state index is -4.61. The molecule has 1 aromatic carbocycles. The lowest BCUT2D eigenvalue weighted by Crippen LogP contribution is -2.19. The van der Waals surface area contributed by atoms with Crippen LogP contribution >= 0.6 is 11.6 Å². The van der Waals surface area contributed by atoms with Crippen LogP contribution in [0, 0.1) is 6.92 Å². The van der Waals surface area contributed by atoms with E-state index in [4.69, 9.17) is 16.1 Å². The van der Waals surface area contributed by atoms with Crippen LogP contribution in [0.15, 0.2) is 28.8 Å². The predicted molar refractivity (Wildman–Crippen MR) is 79.4 cm³/mol. The Morgan fingerprint density at radius 2 is 2.09 bits per heavy atom. The van der Waals surface area contributed by atoms with Gasteiger partial charge in [0.2, 0.25) is 5.91 Å². The molecule has 0 aliphatic carbocycles. The van der Waals surface area contributed by atoms with Crippen molar-refractivity contribution in [1.29, 1.82) is 0 Å². The van der Waals surface area contributed by atoms with E-state index in [1.54, 1.807) is 13.0 Å². The van der Waals surface area contributed by atoms with Crippen LogP contribution in [0.4, 0.5) is 24.7 Å². The number of anilines is 2. The molecule has 0 fully saturated rings. The number of rotatable bonds is 5. The Morgan fingerprint density at radius 3 is 2.70 bits per heavy atom. The maximum atomic E-state index is 12.9. The Labute approximate surface area is 134 Å². The molecule has 0 spiro atoms. The Morgan fingerprint density at radius 1 is 1.35 bits per heavy atom. The van der Waals surface area contributed by atoms with Crippen molar-refractivity contribution in [3.05, 3.63) is 40.6 Å². The molecule has 0 atom stereocenters. The molecular formula is C14H13ClF3N3O2. The molecule has 0 saturated heterocycles. The number of amides is 1. The Hall–Kier alpha value is -2.22. The molecule has 5 nitrogen and oxygen atoms in total. The summed E-state index contributed by atoms with van der Waals surface area (Å²) in [5, 5.41) is 8.68. The van der Waals surface area contributed by atoms with Crippen LogP contribution in [0.3, 0.4) is 0 Å². The molecule has 0 aliphatic heterocycles. The van der Waals surface area contributed by atoms with Crippen molar-refractivity contribution in [3.8, 4) is 0 Å². The minimum Gasteiger partial charge on any atom is -0.367 e. The third-order valence-corrected chi connectivity index (χ3v) is 3.08. The largest absolute Gasteiger partial charge is 0.418 e. The fraction of sp³-hybridized carbons (Fsp3) is 0.286. The van der Waals surface area contributed by atoms with Crippen LogP contribution in [-0.4, -0.2) is 17.6 Å². The zero-order chi connectivity index (χ0) is 17.0. The molecule has 2 rings (SSSR count). The van der Waals surface area contributed by atoms with Crippen molar-refractivity contribution in [3.63, 3.8) is 0 Å². The summed E-state index contributed by atoms with van der Waals surface area (Å²) in [6.07, 6.45) is -4.64. The van der Waals surface area contributed by atoms with Crippen molar-refractivity contribution in [2.75, 3.05) is 17.2 Å². The highest BCUT2D eigenvalue weighted by Crippen LogP contribution is 2.36. The first kappa shape index (κ1) is 17.1. The molecular weight excluding hydrogens is 335 g/mol. The number of hydrogen-bond donors (Lipinski definition) is 2. The second-order valence-corrected chi connectivity index (χ2v) is 5.17. The molecule has 1 amide bonds. The summed E-state index contributed by atoms with van der Waals surface area (Å²) in [5.74, 6) is 0.497. The zero-order valence-electron chi connectivity index (χ0n) is 12.0. The lowest BCUT2D eigenvalue weighted by molar-refractivity contribution is -0.137.